The van der Waals surface area contributed by atoms with Gasteiger partial charge in [0, 0.05) is 36.1 Å². The summed E-state index contributed by atoms with van der Waals surface area (Å²) in [4.78, 5) is 7.45. The third-order valence-electron chi connectivity index (χ3n) is 9.67. The van der Waals surface area contributed by atoms with Gasteiger partial charge in [0.15, 0.2) is 0 Å². The standard InChI is InChI=1S/C45H42S4/c1-3-5-7-9-27-45(28-10-8-6-4-2)39-31-33(15-19-35-21-25-43(48-35)41-13-11-29-46-41)17-23-37(39)38-24-18-34(32-40(38)45)16-20-36-22-26-44(49-36)42-14-12-30-47-42/h11-14,17-18,21-26,29-32H,3-10,27-28H2,1-2H3. The first-order chi connectivity index (χ1) is 24.2. The lowest BCUT2D eigenvalue weighted by Crippen LogP contribution is -2.26. The molecule has 0 amide bonds. The highest BCUT2D eigenvalue weighted by atomic mass is 32.1. The van der Waals surface area contributed by atoms with Crippen LogP contribution in [-0.2, 0) is 5.41 Å². The number of rotatable bonds is 12. The molecule has 0 bridgehead atoms. The average Bonchev–Trinajstić information content (AvgIpc) is 3.98. The van der Waals surface area contributed by atoms with Gasteiger partial charge in [0.25, 0.3) is 0 Å². The van der Waals surface area contributed by atoms with Gasteiger partial charge in [-0.1, -0.05) is 113 Å². The molecule has 6 aromatic rings. The van der Waals surface area contributed by atoms with Crippen molar-refractivity contribution in [2.75, 3.05) is 0 Å². The summed E-state index contributed by atoms with van der Waals surface area (Å²) < 4.78 is 0. The third kappa shape index (κ3) is 7.60. The number of thiophene rings is 4. The topological polar surface area (TPSA) is 0 Å². The molecule has 4 heteroatoms. The average molecular weight is 711 g/mol. The molecule has 0 spiro atoms. The van der Waals surface area contributed by atoms with Crippen LogP contribution in [0.25, 0.3) is 30.6 Å². The highest BCUT2D eigenvalue weighted by molar-refractivity contribution is 7.22. The molecule has 0 aliphatic heterocycles. The van der Waals surface area contributed by atoms with Crippen molar-refractivity contribution in [2.24, 2.45) is 0 Å². The molecule has 0 N–H and O–H groups in total. The zero-order chi connectivity index (χ0) is 33.5. The molecule has 0 saturated heterocycles. The first-order valence-electron chi connectivity index (χ1n) is 17.8. The van der Waals surface area contributed by atoms with Crippen LogP contribution >= 0.6 is 45.3 Å². The monoisotopic (exact) mass is 710 g/mol. The summed E-state index contributed by atoms with van der Waals surface area (Å²) in [6.07, 6.45) is 12.5. The molecule has 49 heavy (non-hydrogen) atoms. The summed E-state index contributed by atoms with van der Waals surface area (Å²) in [6, 6.07) is 31.4. The van der Waals surface area contributed by atoms with Crippen LogP contribution in [0.1, 0.15) is 110 Å². The van der Waals surface area contributed by atoms with Crippen molar-refractivity contribution < 1.29 is 0 Å². The molecular formula is C45H42S4. The first kappa shape index (κ1) is 33.8. The Kier molecular flexibility index (Phi) is 11.0. The van der Waals surface area contributed by atoms with Crippen LogP contribution in [0.4, 0.5) is 0 Å². The molecule has 4 aromatic heterocycles. The highest BCUT2D eigenvalue weighted by Gasteiger charge is 2.42. The Labute approximate surface area is 308 Å². The van der Waals surface area contributed by atoms with E-state index in [9.17, 15) is 0 Å². The summed E-state index contributed by atoms with van der Waals surface area (Å²) in [5.74, 6) is 14.2. The summed E-state index contributed by atoms with van der Waals surface area (Å²) in [7, 11) is 0. The highest BCUT2D eigenvalue weighted by Crippen LogP contribution is 2.54. The maximum atomic E-state index is 3.57. The van der Waals surface area contributed by atoms with Gasteiger partial charge in [-0.2, -0.15) is 0 Å². The SMILES string of the molecule is CCCCCCC1(CCCCCC)c2cc(C#Cc3ccc(-c4cccs4)s3)ccc2-c2ccc(C#Cc3ccc(-c4cccs4)s3)cc21. The zero-order valence-corrected chi connectivity index (χ0v) is 31.7. The molecular weight excluding hydrogens is 669 g/mol. The van der Waals surface area contributed by atoms with Gasteiger partial charge >= 0.3 is 0 Å². The fourth-order valence-corrected chi connectivity index (χ4v) is 10.6. The summed E-state index contributed by atoms with van der Waals surface area (Å²) in [5.41, 5.74) is 7.97. The molecule has 0 atom stereocenters. The van der Waals surface area contributed by atoms with Crippen molar-refractivity contribution in [1.29, 1.82) is 0 Å². The van der Waals surface area contributed by atoms with E-state index in [1.54, 1.807) is 45.3 Å². The van der Waals surface area contributed by atoms with Crippen molar-refractivity contribution in [3.05, 3.63) is 128 Å². The second kappa shape index (κ2) is 15.9. The lowest BCUT2D eigenvalue weighted by atomic mass is 9.70. The van der Waals surface area contributed by atoms with E-state index in [0.29, 0.717) is 0 Å². The van der Waals surface area contributed by atoms with E-state index in [0.717, 1.165) is 20.9 Å². The molecule has 7 rings (SSSR count). The van der Waals surface area contributed by atoms with Crippen molar-refractivity contribution in [3.63, 3.8) is 0 Å². The molecule has 0 fully saturated rings. The van der Waals surface area contributed by atoms with Gasteiger partial charge in [0.05, 0.1) is 9.75 Å². The summed E-state index contributed by atoms with van der Waals surface area (Å²) in [6.45, 7) is 4.62. The summed E-state index contributed by atoms with van der Waals surface area (Å²) in [5, 5.41) is 4.28. The molecule has 2 aromatic carbocycles. The lowest BCUT2D eigenvalue weighted by molar-refractivity contribution is 0.401. The van der Waals surface area contributed by atoms with Crippen molar-refractivity contribution >= 4 is 45.3 Å². The largest absolute Gasteiger partial charge is 0.143 e. The van der Waals surface area contributed by atoms with Crippen LogP contribution in [0.5, 0.6) is 0 Å². The van der Waals surface area contributed by atoms with Gasteiger partial charge in [-0.3, -0.25) is 0 Å². The van der Waals surface area contributed by atoms with Gasteiger partial charge in [-0.05, 0) is 107 Å². The normalized spacial score (nSPS) is 12.5. The van der Waals surface area contributed by atoms with Crippen LogP contribution in [-0.4, -0.2) is 0 Å². The number of hydrogen-bond donors (Lipinski definition) is 0. The van der Waals surface area contributed by atoms with E-state index < -0.39 is 0 Å². The van der Waals surface area contributed by atoms with Crippen LogP contribution in [0.3, 0.4) is 0 Å². The number of benzene rings is 2. The third-order valence-corrected chi connectivity index (χ3v) is 13.8. The van der Waals surface area contributed by atoms with Crippen molar-refractivity contribution in [2.45, 2.75) is 83.5 Å². The zero-order valence-electron chi connectivity index (χ0n) is 28.4. The van der Waals surface area contributed by atoms with Crippen LogP contribution in [0.2, 0.25) is 0 Å². The van der Waals surface area contributed by atoms with E-state index in [4.69, 9.17) is 0 Å². The molecule has 0 radical (unpaired) electrons. The minimum absolute atomic E-state index is 0.00786. The number of fused-ring (bicyclic) bond motifs is 3. The van der Waals surface area contributed by atoms with Crippen LogP contribution in [0.15, 0.2) is 95.7 Å². The fraction of sp³-hybridized carbons (Fsp3) is 0.289. The lowest BCUT2D eigenvalue weighted by Gasteiger charge is -2.33. The predicted molar refractivity (Wildman–Crippen MR) is 217 cm³/mol. The molecule has 0 nitrogen and oxygen atoms in total. The van der Waals surface area contributed by atoms with E-state index >= 15 is 0 Å². The Balaban J connectivity index is 1.25. The maximum Gasteiger partial charge on any atom is 0.0779 e. The molecule has 1 aliphatic rings. The smallest absolute Gasteiger partial charge is 0.0779 e. The van der Waals surface area contributed by atoms with Crippen molar-refractivity contribution in [1.82, 2.24) is 0 Å². The molecule has 0 unspecified atom stereocenters. The Morgan fingerprint density at radius 1 is 0.490 bits per heavy atom. The van der Waals surface area contributed by atoms with Gasteiger partial charge in [-0.25, -0.2) is 0 Å². The van der Waals surface area contributed by atoms with E-state index in [2.05, 4.69) is 133 Å². The summed E-state index contributed by atoms with van der Waals surface area (Å²) >= 11 is 7.15. The minimum atomic E-state index is -0.00786. The van der Waals surface area contributed by atoms with E-state index in [-0.39, 0.29) is 5.41 Å². The van der Waals surface area contributed by atoms with Gasteiger partial charge in [0.2, 0.25) is 0 Å². The van der Waals surface area contributed by atoms with E-state index in [1.165, 1.54) is 106 Å². The molecule has 0 saturated carbocycles. The molecule has 4 heterocycles. The van der Waals surface area contributed by atoms with E-state index in [1.807, 2.05) is 0 Å². The van der Waals surface area contributed by atoms with Gasteiger partial charge in [0.1, 0.15) is 0 Å². The van der Waals surface area contributed by atoms with Gasteiger partial charge in [-0.15, -0.1) is 45.3 Å². The maximum absolute atomic E-state index is 3.57. The molecule has 246 valence electrons. The molecule has 1 aliphatic carbocycles. The minimum Gasteiger partial charge on any atom is -0.143 e. The Hall–Kier alpha value is -3.64. The predicted octanol–water partition coefficient (Wildman–Crippen LogP) is 14.3. The second-order valence-electron chi connectivity index (χ2n) is 13.0. The Bertz CT molecular complexity index is 1960. The fourth-order valence-electron chi connectivity index (χ4n) is 7.20. The number of unbranched alkanes of at least 4 members (excludes halogenated alkanes) is 6. The van der Waals surface area contributed by atoms with Gasteiger partial charge < -0.3 is 0 Å². The first-order valence-corrected chi connectivity index (χ1v) is 21.2. The Morgan fingerprint density at radius 2 is 0.980 bits per heavy atom. The van der Waals surface area contributed by atoms with Crippen LogP contribution in [0, 0.1) is 23.7 Å². The number of hydrogen-bond acceptors (Lipinski definition) is 4. The van der Waals surface area contributed by atoms with Crippen LogP contribution < -0.4 is 0 Å². The Morgan fingerprint density at radius 3 is 1.41 bits per heavy atom. The second-order valence-corrected chi connectivity index (χ2v) is 17.1. The quantitative estimate of drug-likeness (QED) is 0.0876. The van der Waals surface area contributed by atoms with Crippen molar-refractivity contribution in [3.8, 4) is 54.3 Å².